The van der Waals surface area contributed by atoms with Crippen LogP contribution in [0.15, 0.2) is 15.9 Å². The molecule has 0 bridgehead atoms. The van der Waals surface area contributed by atoms with Crippen molar-refractivity contribution in [3.05, 3.63) is 27.2 Å². The number of hydrogen-bond acceptors (Lipinski definition) is 3. The summed E-state index contributed by atoms with van der Waals surface area (Å²) < 4.78 is 4.04. The van der Waals surface area contributed by atoms with E-state index in [1.807, 2.05) is 0 Å². The largest absolute Gasteiger partial charge is 0.332 e. The topological polar surface area (TPSA) is 61.8 Å². The maximum Gasteiger partial charge on any atom is 0.332 e. The van der Waals surface area contributed by atoms with Gasteiger partial charge < -0.3 is 4.57 Å². The molecule has 15 heavy (non-hydrogen) atoms. The molecule has 0 saturated carbocycles. The first-order valence-electron chi connectivity index (χ1n) is 4.11. The third-order valence-corrected chi connectivity index (χ3v) is 2.32. The van der Waals surface area contributed by atoms with Gasteiger partial charge in [0.15, 0.2) is 11.2 Å². The predicted octanol–water partition coefficient (Wildman–Crippen LogP) is -1.41. The molecule has 76 valence electrons. The number of fused-ring (bicyclic) bond motifs is 1. The van der Waals surface area contributed by atoms with Crippen LogP contribution < -0.4 is 11.2 Å². The first kappa shape index (κ1) is 12.5. The van der Waals surface area contributed by atoms with Gasteiger partial charge in [-0.1, -0.05) is 0 Å². The fourth-order valence-corrected chi connectivity index (χ4v) is 1.47. The van der Waals surface area contributed by atoms with Crippen molar-refractivity contribution in [2.45, 2.75) is 0 Å². The Hall–Kier alpha value is -0.590. The number of imidazole rings is 1. The number of rotatable bonds is 0. The molecule has 0 N–H and O–H groups in total. The van der Waals surface area contributed by atoms with E-state index in [0.717, 1.165) is 4.57 Å². The van der Waals surface area contributed by atoms with Gasteiger partial charge in [0.05, 0.1) is 6.33 Å². The molecule has 2 rings (SSSR count). The van der Waals surface area contributed by atoms with E-state index >= 15 is 0 Å². The van der Waals surface area contributed by atoms with Gasteiger partial charge in [0.25, 0.3) is 5.56 Å². The smallest absolute Gasteiger partial charge is 0.328 e. The molecular weight excluding hydrogens is 224 g/mol. The van der Waals surface area contributed by atoms with Crippen LogP contribution in [0.1, 0.15) is 0 Å². The van der Waals surface area contributed by atoms with Crippen molar-refractivity contribution in [2.24, 2.45) is 21.1 Å². The van der Waals surface area contributed by atoms with Crippen LogP contribution in [0.25, 0.3) is 11.2 Å². The van der Waals surface area contributed by atoms with Gasteiger partial charge in [-0.3, -0.25) is 13.9 Å². The van der Waals surface area contributed by atoms with E-state index < -0.39 is 0 Å². The maximum atomic E-state index is 11.7. The second-order valence-corrected chi connectivity index (χ2v) is 3.23. The Bertz CT molecular complexity index is 622. The van der Waals surface area contributed by atoms with Crippen molar-refractivity contribution in [2.75, 3.05) is 0 Å². The summed E-state index contributed by atoms with van der Waals surface area (Å²) >= 11 is 0. The van der Waals surface area contributed by atoms with Crippen LogP contribution in [0.2, 0.25) is 0 Å². The number of aryl methyl sites for hydroxylation is 2. The van der Waals surface area contributed by atoms with Gasteiger partial charge in [0.2, 0.25) is 0 Å². The summed E-state index contributed by atoms with van der Waals surface area (Å²) in [7, 11) is 4.77. The number of nitrogens with zero attached hydrogens (tertiary/aromatic N) is 4. The molecule has 0 saturated heterocycles. The Labute approximate surface area is 115 Å². The standard InChI is InChI=1S/C8H10N4O2.Ca/c1-10-4-9-6-5(10)7(13)12(3)8(14)11(6)2;/h4H,1-3H3;. The molecule has 0 spiro atoms. The Morgan fingerprint density at radius 3 is 2.33 bits per heavy atom. The molecule has 0 aromatic carbocycles. The summed E-state index contributed by atoms with van der Waals surface area (Å²) in [6.45, 7) is 0. The SMILES string of the molecule is Cn1c(=O)c2c(ncn2C)n(C)c1=O.[Ca]. The van der Waals surface area contributed by atoms with Crippen LogP contribution in [0.5, 0.6) is 0 Å². The third kappa shape index (κ3) is 1.66. The normalized spacial score (nSPS) is 10.3. The minimum absolute atomic E-state index is 0. The van der Waals surface area contributed by atoms with E-state index in [1.165, 1.54) is 17.9 Å². The van der Waals surface area contributed by atoms with Gasteiger partial charge in [-0.2, -0.15) is 0 Å². The average molecular weight is 234 g/mol. The summed E-state index contributed by atoms with van der Waals surface area (Å²) in [5.41, 5.74) is 0.180. The van der Waals surface area contributed by atoms with Crippen LogP contribution in [0.3, 0.4) is 0 Å². The third-order valence-electron chi connectivity index (χ3n) is 2.32. The second-order valence-electron chi connectivity index (χ2n) is 3.23. The van der Waals surface area contributed by atoms with E-state index in [2.05, 4.69) is 4.98 Å². The van der Waals surface area contributed by atoms with E-state index in [9.17, 15) is 9.59 Å². The average Bonchev–Trinajstić information content (AvgIpc) is 2.54. The van der Waals surface area contributed by atoms with Crippen LogP contribution in [0.4, 0.5) is 0 Å². The second kappa shape index (κ2) is 4.11. The molecule has 0 unspecified atom stereocenters. The fraction of sp³-hybridized carbons (Fsp3) is 0.375. The van der Waals surface area contributed by atoms with Crippen molar-refractivity contribution in [3.63, 3.8) is 0 Å². The van der Waals surface area contributed by atoms with Crippen LogP contribution in [-0.4, -0.2) is 56.4 Å². The monoisotopic (exact) mass is 234 g/mol. The molecule has 2 aromatic heterocycles. The minimum atomic E-state index is -0.360. The van der Waals surface area contributed by atoms with Crippen molar-refractivity contribution in [3.8, 4) is 0 Å². The Morgan fingerprint density at radius 1 is 1.13 bits per heavy atom. The summed E-state index contributed by atoms with van der Waals surface area (Å²) in [5, 5.41) is 0. The summed E-state index contributed by atoms with van der Waals surface area (Å²) in [6.07, 6.45) is 1.52. The molecule has 0 atom stereocenters. The quantitative estimate of drug-likeness (QED) is 0.526. The van der Waals surface area contributed by atoms with Crippen molar-refractivity contribution in [1.29, 1.82) is 0 Å². The van der Waals surface area contributed by atoms with E-state index in [0.29, 0.717) is 11.2 Å². The molecule has 0 fully saturated rings. The molecular formula is C8H10CaN4O2. The Morgan fingerprint density at radius 2 is 1.73 bits per heavy atom. The van der Waals surface area contributed by atoms with E-state index in [1.54, 1.807) is 18.7 Å². The van der Waals surface area contributed by atoms with Gasteiger partial charge in [0.1, 0.15) is 0 Å². The zero-order valence-electron chi connectivity index (χ0n) is 8.89. The molecule has 2 heterocycles. The Kier molecular flexibility index (Phi) is 3.42. The van der Waals surface area contributed by atoms with Crippen molar-refractivity contribution in [1.82, 2.24) is 18.7 Å². The first-order chi connectivity index (χ1) is 6.54. The van der Waals surface area contributed by atoms with Gasteiger partial charge in [-0.15, -0.1) is 0 Å². The molecule has 6 nitrogen and oxygen atoms in total. The van der Waals surface area contributed by atoms with Crippen LogP contribution >= 0.6 is 0 Å². The molecule has 2 aromatic rings. The van der Waals surface area contributed by atoms with Crippen molar-refractivity contribution < 1.29 is 0 Å². The van der Waals surface area contributed by atoms with Crippen molar-refractivity contribution >= 4 is 48.9 Å². The molecule has 0 aliphatic heterocycles. The van der Waals surface area contributed by atoms with Gasteiger partial charge in [-0.05, 0) is 0 Å². The molecule has 0 amide bonds. The zero-order chi connectivity index (χ0) is 10.5. The van der Waals surface area contributed by atoms with E-state index in [4.69, 9.17) is 0 Å². The van der Waals surface area contributed by atoms with E-state index in [-0.39, 0.29) is 49.0 Å². The molecule has 7 heteroatoms. The number of aromatic nitrogens is 4. The van der Waals surface area contributed by atoms with Gasteiger partial charge in [-0.25, -0.2) is 9.78 Å². The maximum absolute atomic E-state index is 11.7. The fourth-order valence-electron chi connectivity index (χ4n) is 1.47. The predicted molar refractivity (Wildman–Crippen MR) is 57.0 cm³/mol. The Balaban J connectivity index is 0.00000112. The van der Waals surface area contributed by atoms with Crippen LogP contribution in [-0.2, 0) is 21.1 Å². The molecule has 0 aliphatic carbocycles. The minimum Gasteiger partial charge on any atom is -0.328 e. The summed E-state index contributed by atoms with van der Waals surface area (Å²) in [6, 6.07) is 0. The molecule has 2 radical (unpaired) electrons. The molecule has 0 aliphatic rings. The first-order valence-corrected chi connectivity index (χ1v) is 4.11. The van der Waals surface area contributed by atoms with Gasteiger partial charge >= 0.3 is 5.69 Å². The van der Waals surface area contributed by atoms with Gasteiger partial charge in [0, 0.05) is 58.9 Å². The zero-order valence-corrected chi connectivity index (χ0v) is 11.1. The summed E-state index contributed by atoms with van der Waals surface area (Å²) in [5.74, 6) is 0. The van der Waals surface area contributed by atoms with Crippen LogP contribution in [0, 0.1) is 0 Å². The number of hydrogen-bond donors (Lipinski definition) is 0. The summed E-state index contributed by atoms with van der Waals surface area (Å²) in [4.78, 5) is 27.2.